The molecule has 0 fully saturated rings. The Balaban J connectivity index is 1.88. The fraction of sp³-hybridized carbons (Fsp3) is 0.267. The van der Waals surface area contributed by atoms with Gasteiger partial charge in [-0.05, 0) is 31.0 Å². The molecule has 0 aliphatic heterocycles. The normalized spacial score (nSPS) is 11.1. The van der Waals surface area contributed by atoms with Gasteiger partial charge in [-0.25, -0.2) is 0 Å². The molecule has 98 valence electrons. The standard InChI is InChI=1S/C15H16N2OS/c1-3-12-5-11-4-10(2)15(6-14(11)17-12)18-8-13-7-16-9-19-13/h4-7,9,17H,3,8H2,1-2H3. The summed E-state index contributed by atoms with van der Waals surface area (Å²) in [7, 11) is 0. The number of thiazole rings is 1. The van der Waals surface area contributed by atoms with Crippen molar-refractivity contribution >= 4 is 22.2 Å². The van der Waals surface area contributed by atoms with E-state index in [-0.39, 0.29) is 0 Å². The van der Waals surface area contributed by atoms with E-state index in [0.29, 0.717) is 6.61 Å². The average Bonchev–Trinajstić information content (AvgIpc) is 3.04. The van der Waals surface area contributed by atoms with Crippen LogP contribution in [0.15, 0.2) is 29.9 Å². The minimum absolute atomic E-state index is 0.582. The lowest BCUT2D eigenvalue weighted by Gasteiger charge is -2.08. The summed E-state index contributed by atoms with van der Waals surface area (Å²) in [5.74, 6) is 0.936. The molecule has 0 saturated heterocycles. The van der Waals surface area contributed by atoms with Gasteiger partial charge in [-0.3, -0.25) is 4.98 Å². The van der Waals surface area contributed by atoms with E-state index in [2.05, 4.69) is 42.0 Å². The third kappa shape index (κ3) is 2.49. The second-order valence-electron chi connectivity index (χ2n) is 4.61. The van der Waals surface area contributed by atoms with Crippen LogP contribution in [0.4, 0.5) is 0 Å². The van der Waals surface area contributed by atoms with Gasteiger partial charge < -0.3 is 9.72 Å². The van der Waals surface area contributed by atoms with Gasteiger partial charge in [-0.15, -0.1) is 11.3 Å². The largest absolute Gasteiger partial charge is 0.488 e. The van der Waals surface area contributed by atoms with Crippen LogP contribution in [0.25, 0.3) is 10.9 Å². The van der Waals surface area contributed by atoms with Crippen molar-refractivity contribution in [3.8, 4) is 5.75 Å². The van der Waals surface area contributed by atoms with E-state index in [4.69, 9.17) is 4.74 Å². The van der Waals surface area contributed by atoms with Gasteiger partial charge in [0.15, 0.2) is 0 Å². The molecule has 0 unspecified atom stereocenters. The highest BCUT2D eigenvalue weighted by atomic mass is 32.1. The van der Waals surface area contributed by atoms with Crippen LogP contribution < -0.4 is 4.74 Å². The molecular weight excluding hydrogens is 256 g/mol. The number of fused-ring (bicyclic) bond motifs is 1. The predicted molar refractivity (Wildman–Crippen MR) is 78.9 cm³/mol. The van der Waals surface area contributed by atoms with E-state index in [1.165, 1.54) is 16.6 Å². The van der Waals surface area contributed by atoms with Crippen LogP contribution in [0.3, 0.4) is 0 Å². The number of aromatic nitrogens is 2. The summed E-state index contributed by atoms with van der Waals surface area (Å²) in [4.78, 5) is 8.61. The molecule has 3 rings (SSSR count). The average molecular weight is 272 g/mol. The zero-order valence-electron chi connectivity index (χ0n) is 11.1. The maximum absolute atomic E-state index is 5.88. The van der Waals surface area contributed by atoms with E-state index in [9.17, 15) is 0 Å². The van der Waals surface area contributed by atoms with Crippen molar-refractivity contribution < 1.29 is 4.74 Å². The van der Waals surface area contributed by atoms with Crippen LogP contribution in [-0.4, -0.2) is 9.97 Å². The lowest BCUT2D eigenvalue weighted by molar-refractivity contribution is 0.308. The van der Waals surface area contributed by atoms with Gasteiger partial charge in [0, 0.05) is 28.9 Å². The Bertz CT molecular complexity index is 686. The monoisotopic (exact) mass is 272 g/mol. The zero-order chi connectivity index (χ0) is 13.2. The van der Waals surface area contributed by atoms with Gasteiger partial charge in [0.1, 0.15) is 12.4 Å². The number of H-pyrrole nitrogens is 1. The molecule has 0 aliphatic carbocycles. The number of aryl methyl sites for hydroxylation is 2. The third-order valence-corrected chi connectivity index (χ3v) is 3.96. The molecule has 3 nitrogen and oxygen atoms in total. The van der Waals surface area contributed by atoms with Gasteiger partial charge in [-0.1, -0.05) is 6.92 Å². The van der Waals surface area contributed by atoms with Gasteiger partial charge >= 0.3 is 0 Å². The van der Waals surface area contributed by atoms with Gasteiger partial charge in [0.25, 0.3) is 0 Å². The zero-order valence-corrected chi connectivity index (χ0v) is 11.9. The minimum atomic E-state index is 0.582. The van der Waals surface area contributed by atoms with Crippen molar-refractivity contribution in [1.29, 1.82) is 0 Å². The van der Waals surface area contributed by atoms with Crippen molar-refractivity contribution in [2.45, 2.75) is 26.9 Å². The minimum Gasteiger partial charge on any atom is -0.488 e. The SMILES string of the molecule is CCc1cc2cc(C)c(OCc3cncs3)cc2[nH]1. The molecule has 1 N–H and O–H groups in total. The molecule has 0 atom stereocenters. The van der Waals surface area contributed by atoms with Crippen molar-refractivity contribution in [3.63, 3.8) is 0 Å². The second-order valence-corrected chi connectivity index (χ2v) is 5.58. The molecule has 0 bridgehead atoms. The van der Waals surface area contributed by atoms with Crippen LogP contribution >= 0.6 is 11.3 Å². The summed E-state index contributed by atoms with van der Waals surface area (Å²) in [6.45, 7) is 4.82. The Kier molecular flexibility index (Phi) is 3.25. The van der Waals surface area contributed by atoms with Crippen LogP contribution in [0.1, 0.15) is 23.1 Å². The third-order valence-electron chi connectivity index (χ3n) is 3.21. The van der Waals surface area contributed by atoms with Crippen LogP contribution in [0, 0.1) is 6.92 Å². The Labute approximate surface area is 116 Å². The second kappa shape index (κ2) is 5.05. The van der Waals surface area contributed by atoms with E-state index in [1.54, 1.807) is 11.3 Å². The first-order chi connectivity index (χ1) is 9.26. The van der Waals surface area contributed by atoms with Crippen molar-refractivity contribution in [2.75, 3.05) is 0 Å². The molecule has 4 heteroatoms. The van der Waals surface area contributed by atoms with Gasteiger partial charge in [0.2, 0.25) is 0 Å². The lowest BCUT2D eigenvalue weighted by Crippen LogP contribution is -1.95. The highest BCUT2D eigenvalue weighted by Crippen LogP contribution is 2.27. The van der Waals surface area contributed by atoms with Gasteiger partial charge in [-0.2, -0.15) is 0 Å². The molecular formula is C15H16N2OS. The van der Waals surface area contributed by atoms with E-state index in [1.807, 2.05) is 11.7 Å². The molecule has 1 aromatic carbocycles. The highest BCUT2D eigenvalue weighted by molar-refractivity contribution is 7.09. The van der Waals surface area contributed by atoms with Crippen molar-refractivity contribution in [2.24, 2.45) is 0 Å². The fourth-order valence-corrected chi connectivity index (χ4v) is 2.65. The number of aromatic amines is 1. The van der Waals surface area contributed by atoms with Crippen molar-refractivity contribution in [1.82, 2.24) is 9.97 Å². The number of benzene rings is 1. The number of hydrogen-bond acceptors (Lipinski definition) is 3. The van der Waals surface area contributed by atoms with E-state index in [0.717, 1.165) is 22.6 Å². The maximum Gasteiger partial charge on any atom is 0.124 e. The smallest absolute Gasteiger partial charge is 0.124 e. The molecule has 2 heterocycles. The highest BCUT2D eigenvalue weighted by Gasteiger charge is 2.06. The van der Waals surface area contributed by atoms with Crippen molar-refractivity contribution in [3.05, 3.63) is 46.0 Å². The molecule has 0 amide bonds. The summed E-state index contributed by atoms with van der Waals surface area (Å²) in [5.41, 5.74) is 5.39. The van der Waals surface area contributed by atoms with Crippen LogP contribution in [0.5, 0.6) is 5.75 Å². The molecule has 0 saturated carbocycles. The summed E-state index contributed by atoms with van der Waals surface area (Å²) in [6, 6.07) is 6.47. The van der Waals surface area contributed by atoms with Crippen LogP contribution in [0.2, 0.25) is 0 Å². The van der Waals surface area contributed by atoms with E-state index >= 15 is 0 Å². The van der Waals surface area contributed by atoms with Crippen LogP contribution in [-0.2, 0) is 13.0 Å². The first-order valence-electron chi connectivity index (χ1n) is 6.38. The lowest BCUT2D eigenvalue weighted by atomic mass is 10.1. The van der Waals surface area contributed by atoms with E-state index < -0.39 is 0 Å². The molecule has 3 aromatic rings. The fourth-order valence-electron chi connectivity index (χ4n) is 2.14. The Hall–Kier alpha value is -1.81. The quantitative estimate of drug-likeness (QED) is 0.777. The molecule has 0 radical (unpaired) electrons. The number of ether oxygens (including phenoxy) is 1. The van der Waals surface area contributed by atoms with Gasteiger partial charge in [0.05, 0.1) is 10.4 Å². The topological polar surface area (TPSA) is 37.9 Å². The summed E-state index contributed by atoms with van der Waals surface area (Å²) >= 11 is 1.62. The Morgan fingerprint density at radius 2 is 2.21 bits per heavy atom. The molecule has 0 aliphatic rings. The Morgan fingerprint density at radius 3 is 2.95 bits per heavy atom. The number of hydrogen-bond donors (Lipinski definition) is 1. The number of nitrogens with zero attached hydrogens (tertiary/aromatic N) is 1. The summed E-state index contributed by atoms with van der Waals surface area (Å²) < 4.78 is 5.88. The number of nitrogens with one attached hydrogen (secondary N) is 1. The molecule has 0 spiro atoms. The summed E-state index contributed by atoms with van der Waals surface area (Å²) in [5, 5.41) is 1.25. The molecule has 19 heavy (non-hydrogen) atoms. The first kappa shape index (κ1) is 12.2. The maximum atomic E-state index is 5.88. The number of rotatable bonds is 4. The molecule has 2 aromatic heterocycles. The first-order valence-corrected chi connectivity index (χ1v) is 7.26. The predicted octanol–water partition coefficient (Wildman–Crippen LogP) is 4.07. The Morgan fingerprint density at radius 1 is 1.32 bits per heavy atom. The summed E-state index contributed by atoms with van der Waals surface area (Å²) in [6.07, 6.45) is 2.87.